The average molecular weight is 624 g/mol. The molecule has 234 valence electrons. The molecule has 45 heavy (non-hydrogen) atoms. The first kappa shape index (κ1) is 32.0. The van der Waals surface area contributed by atoms with Crippen molar-refractivity contribution in [2.45, 2.75) is 69.0 Å². The van der Waals surface area contributed by atoms with Crippen LogP contribution < -0.4 is 9.62 Å². The van der Waals surface area contributed by atoms with E-state index in [0.29, 0.717) is 12.1 Å². The fourth-order valence-corrected chi connectivity index (χ4v) is 7.27. The van der Waals surface area contributed by atoms with E-state index in [-0.39, 0.29) is 23.4 Å². The van der Waals surface area contributed by atoms with Gasteiger partial charge in [-0.2, -0.15) is 0 Å². The summed E-state index contributed by atoms with van der Waals surface area (Å²) in [5.74, 6) is -0.679. The zero-order valence-corrected chi connectivity index (χ0v) is 26.5. The predicted molar refractivity (Wildman–Crippen MR) is 178 cm³/mol. The Bertz CT molecular complexity index is 1640. The van der Waals surface area contributed by atoms with Crippen molar-refractivity contribution in [3.05, 3.63) is 132 Å². The number of aryl methyl sites for hydroxylation is 1. The standard InChI is InChI=1S/C37H41N3O4S/c1-29-22-24-33(25-23-29)40(45(43,44)34-20-12-5-13-21-34)28-36(41)39(27-31-16-8-3-9-17-31)35(26-30-14-6-2-7-15-30)37(42)38-32-18-10-4-11-19-32/h2-3,5-9,12-17,20-25,32,35H,4,10-11,18-19,26-28H2,1H3,(H,38,42)/t35-/m1/s1. The number of amides is 2. The first-order chi connectivity index (χ1) is 21.8. The lowest BCUT2D eigenvalue weighted by Gasteiger charge is -2.35. The summed E-state index contributed by atoms with van der Waals surface area (Å²) in [4.78, 5) is 30.3. The number of rotatable bonds is 12. The Kier molecular flexibility index (Phi) is 10.7. The molecule has 1 aliphatic rings. The van der Waals surface area contributed by atoms with E-state index in [0.717, 1.165) is 53.1 Å². The molecule has 4 aromatic carbocycles. The summed E-state index contributed by atoms with van der Waals surface area (Å²) in [5, 5.41) is 3.24. The monoisotopic (exact) mass is 623 g/mol. The average Bonchev–Trinajstić information content (AvgIpc) is 3.07. The molecule has 2 amide bonds. The van der Waals surface area contributed by atoms with Gasteiger partial charge in [0.1, 0.15) is 12.6 Å². The largest absolute Gasteiger partial charge is 0.352 e. The molecule has 0 saturated heterocycles. The molecule has 0 spiro atoms. The van der Waals surface area contributed by atoms with Crippen LogP contribution in [0, 0.1) is 6.92 Å². The Balaban J connectivity index is 1.54. The molecule has 5 rings (SSSR count). The SMILES string of the molecule is Cc1ccc(N(CC(=O)N(Cc2ccccc2)[C@H](Cc2ccccc2)C(=O)NC2CCCCC2)S(=O)(=O)c2ccccc2)cc1. The van der Waals surface area contributed by atoms with Crippen LogP contribution in [0.15, 0.2) is 120 Å². The fraction of sp³-hybridized carbons (Fsp3) is 0.297. The molecule has 0 aromatic heterocycles. The Morgan fingerprint density at radius 3 is 1.91 bits per heavy atom. The minimum atomic E-state index is -4.11. The molecular formula is C37H41N3O4S. The molecule has 1 atom stereocenters. The fourth-order valence-electron chi connectivity index (χ4n) is 5.84. The Morgan fingerprint density at radius 2 is 1.31 bits per heavy atom. The molecule has 1 fully saturated rings. The smallest absolute Gasteiger partial charge is 0.264 e. The summed E-state index contributed by atoms with van der Waals surface area (Å²) in [6, 6.07) is 33.6. The molecule has 0 radical (unpaired) electrons. The van der Waals surface area contributed by atoms with Crippen LogP contribution in [0.25, 0.3) is 0 Å². The van der Waals surface area contributed by atoms with Gasteiger partial charge in [0.05, 0.1) is 10.6 Å². The number of anilines is 1. The number of nitrogens with zero attached hydrogens (tertiary/aromatic N) is 2. The summed E-state index contributed by atoms with van der Waals surface area (Å²) in [6.45, 7) is 1.61. The van der Waals surface area contributed by atoms with Crippen LogP contribution in [-0.4, -0.2) is 43.8 Å². The van der Waals surface area contributed by atoms with E-state index < -0.39 is 28.5 Å². The minimum Gasteiger partial charge on any atom is -0.352 e. The van der Waals surface area contributed by atoms with Crippen LogP contribution in [0.2, 0.25) is 0 Å². The van der Waals surface area contributed by atoms with E-state index in [1.54, 1.807) is 35.2 Å². The number of hydrogen-bond donors (Lipinski definition) is 1. The number of carbonyl (C=O) groups is 2. The molecule has 0 bridgehead atoms. The summed E-state index contributed by atoms with van der Waals surface area (Å²) >= 11 is 0. The zero-order chi connectivity index (χ0) is 31.6. The molecule has 4 aromatic rings. The van der Waals surface area contributed by atoms with Gasteiger partial charge in [0.2, 0.25) is 11.8 Å². The van der Waals surface area contributed by atoms with Gasteiger partial charge in [-0.15, -0.1) is 0 Å². The second-order valence-electron chi connectivity index (χ2n) is 11.7. The Labute approximate surface area is 266 Å². The summed E-state index contributed by atoms with van der Waals surface area (Å²) in [6.07, 6.45) is 5.39. The van der Waals surface area contributed by atoms with Crippen LogP contribution in [-0.2, 0) is 32.6 Å². The maximum absolute atomic E-state index is 14.5. The summed E-state index contributed by atoms with van der Waals surface area (Å²) < 4.78 is 29.3. The van der Waals surface area contributed by atoms with Gasteiger partial charge in [-0.3, -0.25) is 13.9 Å². The molecular weight excluding hydrogens is 582 g/mol. The van der Waals surface area contributed by atoms with E-state index in [9.17, 15) is 18.0 Å². The predicted octanol–water partition coefficient (Wildman–Crippen LogP) is 6.28. The van der Waals surface area contributed by atoms with E-state index >= 15 is 0 Å². The molecule has 8 heteroatoms. The van der Waals surface area contributed by atoms with Crippen molar-refractivity contribution < 1.29 is 18.0 Å². The maximum Gasteiger partial charge on any atom is 0.264 e. The van der Waals surface area contributed by atoms with Crippen molar-refractivity contribution in [1.29, 1.82) is 0 Å². The Hall–Kier alpha value is -4.43. The van der Waals surface area contributed by atoms with Crippen molar-refractivity contribution >= 4 is 27.5 Å². The van der Waals surface area contributed by atoms with Gasteiger partial charge in [0, 0.05) is 19.0 Å². The molecule has 1 aliphatic carbocycles. The Morgan fingerprint density at radius 1 is 0.756 bits per heavy atom. The topological polar surface area (TPSA) is 86.8 Å². The summed E-state index contributed by atoms with van der Waals surface area (Å²) in [7, 11) is -4.11. The van der Waals surface area contributed by atoms with Crippen LogP contribution in [0.1, 0.15) is 48.8 Å². The normalized spacial score (nSPS) is 14.3. The quantitative estimate of drug-likeness (QED) is 0.201. The maximum atomic E-state index is 14.5. The van der Waals surface area contributed by atoms with Gasteiger partial charge >= 0.3 is 0 Å². The molecule has 7 nitrogen and oxygen atoms in total. The van der Waals surface area contributed by atoms with Crippen LogP contribution in [0.3, 0.4) is 0 Å². The van der Waals surface area contributed by atoms with Crippen molar-refractivity contribution in [1.82, 2.24) is 10.2 Å². The number of hydrogen-bond acceptors (Lipinski definition) is 4. The van der Waals surface area contributed by atoms with E-state index in [1.807, 2.05) is 79.7 Å². The number of nitrogens with one attached hydrogen (secondary N) is 1. The van der Waals surface area contributed by atoms with Gasteiger partial charge in [0.15, 0.2) is 0 Å². The van der Waals surface area contributed by atoms with Crippen molar-refractivity contribution in [2.24, 2.45) is 0 Å². The van der Waals surface area contributed by atoms with Crippen LogP contribution in [0.4, 0.5) is 5.69 Å². The summed E-state index contributed by atoms with van der Waals surface area (Å²) in [5.41, 5.74) is 3.11. The van der Waals surface area contributed by atoms with Gasteiger partial charge in [-0.05, 0) is 55.2 Å². The third-order valence-corrected chi connectivity index (χ3v) is 10.1. The van der Waals surface area contributed by atoms with Crippen LogP contribution >= 0.6 is 0 Å². The number of benzene rings is 4. The highest BCUT2D eigenvalue weighted by atomic mass is 32.2. The first-order valence-electron chi connectivity index (χ1n) is 15.6. The van der Waals surface area contributed by atoms with Gasteiger partial charge in [0.25, 0.3) is 10.0 Å². The highest BCUT2D eigenvalue weighted by molar-refractivity contribution is 7.92. The lowest BCUT2D eigenvalue weighted by molar-refractivity contribution is -0.140. The highest BCUT2D eigenvalue weighted by Gasteiger charge is 2.35. The van der Waals surface area contributed by atoms with Crippen LogP contribution in [0.5, 0.6) is 0 Å². The first-order valence-corrected chi connectivity index (χ1v) is 17.1. The van der Waals surface area contributed by atoms with Gasteiger partial charge < -0.3 is 10.2 Å². The van der Waals surface area contributed by atoms with Crippen molar-refractivity contribution in [2.75, 3.05) is 10.8 Å². The third kappa shape index (κ3) is 8.39. The second kappa shape index (κ2) is 15.0. The molecule has 1 saturated carbocycles. The lowest BCUT2D eigenvalue weighted by Crippen LogP contribution is -2.55. The van der Waals surface area contributed by atoms with Crippen molar-refractivity contribution in [3.8, 4) is 0 Å². The molecule has 1 N–H and O–H groups in total. The highest BCUT2D eigenvalue weighted by Crippen LogP contribution is 2.26. The lowest BCUT2D eigenvalue weighted by atomic mass is 9.94. The van der Waals surface area contributed by atoms with Gasteiger partial charge in [-0.1, -0.05) is 116 Å². The van der Waals surface area contributed by atoms with Crippen molar-refractivity contribution in [3.63, 3.8) is 0 Å². The number of carbonyl (C=O) groups excluding carboxylic acids is 2. The number of sulfonamides is 1. The minimum absolute atomic E-state index is 0.0562. The second-order valence-corrected chi connectivity index (χ2v) is 13.6. The molecule has 0 unspecified atom stereocenters. The third-order valence-electron chi connectivity index (χ3n) is 8.35. The van der Waals surface area contributed by atoms with Gasteiger partial charge in [-0.25, -0.2) is 8.42 Å². The van der Waals surface area contributed by atoms with E-state index in [4.69, 9.17) is 0 Å². The van der Waals surface area contributed by atoms with E-state index in [2.05, 4.69) is 5.32 Å². The van der Waals surface area contributed by atoms with E-state index in [1.165, 1.54) is 12.1 Å². The molecule has 0 aliphatic heterocycles. The molecule has 0 heterocycles. The zero-order valence-electron chi connectivity index (χ0n) is 25.7.